The summed E-state index contributed by atoms with van der Waals surface area (Å²) in [6, 6.07) is 14.2. The minimum Gasteiger partial charge on any atom is -0.339 e. The Balaban J connectivity index is 1.75. The molecule has 5 heteroatoms. The van der Waals surface area contributed by atoms with E-state index >= 15 is 0 Å². The predicted octanol–water partition coefficient (Wildman–Crippen LogP) is 5.41. The molecule has 0 amide bonds. The number of benzene rings is 2. The number of aromatic nitrogens is 2. The van der Waals surface area contributed by atoms with Crippen LogP contribution in [0.15, 0.2) is 42.5 Å². The van der Waals surface area contributed by atoms with Gasteiger partial charge in [0.25, 0.3) is 0 Å². The Morgan fingerprint density at radius 1 is 0.893 bits per heavy atom. The Morgan fingerprint density at radius 2 is 1.68 bits per heavy atom. The van der Waals surface area contributed by atoms with E-state index in [0.717, 1.165) is 35.5 Å². The lowest BCUT2D eigenvalue weighted by atomic mass is 9.95. The SMILES string of the molecule is Cc1ccc(Nc2nc3c(c(Nc4cccc(C)c4C)n2)C(=O)CCC3)cc1. The second-order valence-electron chi connectivity index (χ2n) is 7.36. The van der Waals surface area contributed by atoms with Crippen LogP contribution in [0.5, 0.6) is 0 Å². The lowest BCUT2D eigenvalue weighted by Gasteiger charge is -2.20. The molecular weight excluding hydrogens is 348 g/mol. The zero-order chi connectivity index (χ0) is 19.7. The molecule has 1 aliphatic carbocycles. The van der Waals surface area contributed by atoms with E-state index < -0.39 is 0 Å². The van der Waals surface area contributed by atoms with Gasteiger partial charge in [-0.3, -0.25) is 4.79 Å². The van der Waals surface area contributed by atoms with Crippen LogP contribution in [0.4, 0.5) is 23.1 Å². The van der Waals surface area contributed by atoms with Crippen molar-refractivity contribution < 1.29 is 4.79 Å². The van der Waals surface area contributed by atoms with Gasteiger partial charge in [-0.1, -0.05) is 29.8 Å². The van der Waals surface area contributed by atoms with Crippen molar-refractivity contribution in [1.82, 2.24) is 9.97 Å². The molecule has 0 unspecified atom stereocenters. The fourth-order valence-corrected chi connectivity index (χ4v) is 3.45. The smallest absolute Gasteiger partial charge is 0.229 e. The van der Waals surface area contributed by atoms with E-state index in [2.05, 4.69) is 47.4 Å². The summed E-state index contributed by atoms with van der Waals surface area (Å²) in [5.41, 5.74) is 6.85. The van der Waals surface area contributed by atoms with Crippen molar-refractivity contribution in [2.24, 2.45) is 0 Å². The minimum absolute atomic E-state index is 0.107. The summed E-state index contributed by atoms with van der Waals surface area (Å²) in [6.45, 7) is 6.20. The van der Waals surface area contributed by atoms with Crippen LogP contribution in [0.3, 0.4) is 0 Å². The number of carbonyl (C=O) groups is 1. The van der Waals surface area contributed by atoms with Gasteiger partial charge in [-0.05, 0) is 62.9 Å². The van der Waals surface area contributed by atoms with Crippen LogP contribution in [-0.4, -0.2) is 15.8 Å². The van der Waals surface area contributed by atoms with Gasteiger partial charge < -0.3 is 10.6 Å². The number of carbonyl (C=O) groups excluding carboxylic acids is 1. The average molecular weight is 372 g/mol. The molecule has 0 atom stereocenters. The summed E-state index contributed by atoms with van der Waals surface area (Å²) in [5, 5.41) is 6.67. The quantitative estimate of drug-likeness (QED) is 0.641. The van der Waals surface area contributed by atoms with Crippen molar-refractivity contribution >= 4 is 28.9 Å². The molecule has 1 aliphatic rings. The van der Waals surface area contributed by atoms with Crippen LogP contribution in [-0.2, 0) is 6.42 Å². The van der Waals surface area contributed by atoms with E-state index in [9.17, 15) is 4.79 Å². The minimum atomic E-state index is 0.107. The Hall–Kier alpha value is -3.21. The highest BCUT2D eigenvalue weighted by atomic mass is 16.1. The van der Waals surface area contributed by atoms with Crippen molar-refractivity contribution in [2.75, 3.05) is 10.6 Å². The van der Waals surface area contributed by atoms with Crippen LogP contribution < -0.4 is 10.6 Å². The summed E-state index contributed by atoms with van der Waals surface area (Å²) in [7, 11) is 0. The first-order valence-electron chi connectivity index (χ1n) is 9.62. The van der Waals surface area contributed by atoms with E-state index in [1.807, 2.05) is 36.4 Å². The maximum Gasteiger partial charge on any atom is 0.229 e. The van der Waals surface area contributed by atoms with Crippen LogP contribution >= 0.6 is 0 Å². The van der Waals surface area contributed by atoms with Gasteiger partial charge in [-0.2, -0.15) is 4.98 Å². The number of anilines is 4. The van der Waals surface area contributed by atoms with Crippen molar-refractivity contribution in [2.45, 2.75) is 40.0 Å². The van der Waals surface area contributed by atoms with Gasteiger partial charge in [-0.25, -0.2) is 4.98 Å². The van der Waals surface area contributed by atoms with Crippen molar-refractivity contribution in [3.63, 3.8) is 0 Å². The van der Waals surface area contributed by atoms with Gasteiger partial charge in [0, 0.05) is 17.8 Å². The molecule has 0 saturated carbocycles. The molecule has 0 aliphatic heterocycles. The van der Waals surface area contributed by atoms with Gasteiger partial charge in [-0.15, -0.1) is 0 Å². The number of Topliss-reactive ketones (excluding diaryl/α,β-unsaturated/α-hetero) is 1. The molecule has 1 aromatic heterocycles. The molecule has 142 valence electrons. The topological polar surface area (TPSA) is 66.9 Å². The number of hydrogen-bond acceptors (Lipinski definition) is 5. The molecule has 28 heavy (non-hydrogen) atoms. The molecular formula is C23H24N4O. The summed E-state index contributed by atoms with van der Waals surface area (Å²) >= 11 is 0. The summed E-state index contributed by atoms with van der Waals surface area (Å²) in [6.07, 6.45) is 2.16. The average Bonchev–Trinajstić information content (AvgIpc) is 2.67. The number of hydrogen-bond donors (Lipinski definition) is 2. The second kappa shape index (κ2) is 7.43. The van der Waals surface area contributed by atoms with Crippen molar-refractivity contribution in [3.8, 4) is 0 Å². The second-order valence-corrected chi connectivity index (χ2v) is 7.36. The number of nitrogens with one attached hydrogen (secondary N) is 2. The Bertz CT molecular complexity index is 1040. The van der Waals surface area contributed by atoms with Crippen LogP contribution in [0.2, 0.25) is 0 Å². The molecule has 0 fully saturated rings. The van der Waals surface area contributed by atoms with E-state index in [-0.39, 0.29) is 5.78 Å². The summed E-state index contributed by atoms with van der Waals surface area (Å²) < 4.78 is 0. The van der Waals surface area contributed by atoms with Crippen molar-refractivity contribution in [1.29, 1.82) is 0 Å². The van der Waals surface area contributed by atoms with Crippen LogP contribution in [0, 0.1) is 20.8 Å². The fourth-order valence-electron chi connectivity index (χ4n) is 3.45. The highest BCUT2D eigenvalue weighted by molar-refractivity contribution is 6.03. The van der Waals surface area contributed by atoms with Crippen molar-refractivity contribution in [3.05, 3.63) is 70.4 Å². The first-order valence-corrected chi connectivity index (χ1v) is 9.62. The monoisotopic (exact) mass is 372 g/mol. The Kier molecular flexibility index (Phi) is 4.82. The number of rotatable bonds is 4. The number of ketones is 1. The molecule has 3 aromatic rings. The standard InChI is InChI=1S/C23H24N4O/c1-14-10-12-17(13-11-14)24-23-26-19-8-5-9-20(28)21(19)22(27-23)25-18-7-4-6-15(2)16(18)3/h4,6-7,10-13H,5,8-9H2,1-3H3,(H2,24,25,26,27). The summed E-state index contributed by atoms with van der Waals surface area (Å²) in [5.74, 6) is 1.19. The van der Waals surface area contributed by atoms with Gasteiger partial charge in [0.2, 0.25) is 5.95 Å². The molecule has 4 rings (SSSR count). The molecule has 0 bridgehead atoms. The lowest BCUT2D eigenvalue weighted by Crippen LogP contribution is -2.18. The third kappa shape index (κ3) is 3.60. The van der Waals surface area contributed by atoms with E-state index in [0.29, 0.717) is 23.8 Å². The van der Waals surface area contributed by atoms with Gasteiger partial charge in [0.15, 0.2) is 5.78 Å². The first-order chi connectivity index (χ1) is 13.5. The third-order valence-corrected chi connectivity index (χ3v) is 5.25. The first kappa shape index (κ1) is 18.2. The third-order valence-electron chi connectivity index (χ3n) is 5.25. The molecule has 0 spiro atoms. The fraction of sp³-hybridized carbons (Fsp3) is 0.261. The zero-order valence-electron chi connectivity index (χ0n) is 16.5. The van der Waals surface area contributed by atoms with E-state index in [1.54, 1.807) is 0 Å². The van der Waals surface area contributed by atoms with Gasteiger partial charge in [0.1, 0.15) is 5.82 Å². The highest BCUT2D eigenvalue weighted by Crippen LogP contribution is 2.31. The normalized spacial score (nSPS) is 13.2. The maximum absolute atomic E-state index is 12.6. The van der Waals surface area contributed by atoms with Crippen LogP contribution in [0.25, 0.3) is 0 Å². The van der Waals surface area contributed by atoms with Gasteiger partial charge >= 0.3 is 0 Å². The Morgan fingerprint density at radius 3 is 2.46 bits per heavy atom. The molecule has 0 radical (unpaired) electrons. The number of fused-ring (bicyclic) bond motifs is 1. The predicted molar refractivity (Wildman–Crippen MR) is 113 cm³/mol. The highest BCUT2D eigenvalue weighted by Gasteiger charge is 2.25. The number of nitrogens with zero attached hydrogens (tertiary/aromatic N) is 2. The Labute approximate surface area is 165 Å². The zero-order valence-corrected chi connectivity index (χ0v) is 16.5. The molecule has 5 nitrogen and oxygen atoms in total. The molecule has 1 heterocycles. The van der Waals surface area contributed by atoms with E-state index in [4.69, 9.17) is 0 Å². The maximum atomic E-state index is 12.6. The van der Waals surface area contributed by atoms with E-state index in [1.165, 1.54) is 11.1 Å². The lowest BCUT2D eigenvalue weighted by molar-refractivity contribution is 0.0972. The van der Waals surface area contributed by atoms with Gasteiger partial charge in [0.05, 0.1) is 11.3 Å². The molecule has 0 saturated heterocycles. The largest absolute Gasteiger partial charge is 0.339 e. The number of aryl methyl sites for hydroxylation is 3. The summed E-state index contributed by atoms with van der Waals surface area (Å²) in [4.78, 5) is 21.9. The molecule has 2 aromatic carbocycles. The van der Waals surface area contributed by atoms with Crippen LogP contribution in [0.1, 0.15) is 45.6 Å². The molecule has 2 N–H and O–H groups in total.